The van der Waals surface area contributed by atoms with Gasteiger partial charge in [0.2, 0.25) is 0 Å². The Labute approximate surface area is 163 Å². The lowest BCUT2D eigenvalue weighted by molar-refractivity contribution is -0.146. The van der Waals surface area contributed by atoms with Crippen LogP contribution in [0, 0.1) is 6.92 Å². The first-order chi connectivity index (χ1) is 13.4. The summed E-state index contributed by atoms with van der Waals surface area (Å²) in [5.41, 5.74) is 1.18. The summed E-state index contributed by atoms with van der Waals surface area (Å²) in [6.45, 7) is 3.40. The Hall–Kier alpha value is -3.28. The van der Waals surface area contributed by atoms with Crippen LogP contribution in [-0.4, -0.2) is 26.2 Å². The van der Waals surface area contributed by atoms with E-state index in [2.05, 4.69) is 4.74 Å². The summed E-state index contributed by atoms with van der Waals surface area (Å²) >= 11 is 0. The molecule has 3 aromatic rings. The van der Waals surface area contributed by atoms with E-state index in [1.807, 2.05) is 36.4 Å². The maximum absolute atomic E-state index is 12.5. The van der Waals surface area contributed by atoms with Crippen LogP contribution in [0.15, 0.2) is 46.9 Å². The number of furan rings is 1. The zero-order chi connectivity index (χ0) is 20.3. The average molecular weight is 382 g/mol. The lowest BCUT2D eigenvalue weighted by atomic mass is 9.98. The molecule has 0 amide bonds. The first-order valence-electron chi connectivity index (χ1n) is 8.85. The third-order valence-electron chi connectivity index (χ3n) is 4.66. The number of rotatable bonds is 6. The number of carbonyl (C=O) groups excluding carboxylic acids is 2. The zero-order valence-electron chi connectivity index (χ0n) is 16.3. The smallest absolute Gasteiger partial charge is 0.341 e. The van der Waals surface area contributed by atoms with Gasteiger partial charge in [-0.1, -0.05) is 24.3 Å². The molecule has 0 saturated carbocycles. The molecule has 0 radical (unpaired) electrons. The molecule has 6 heteroatoms. The van der Waals surface area contributed by atoms with Gasteiger partial charge in [-0.25, -0.2) is 4.79 Å². The fourth-order valence-electron chi connectivity index (χ4n) is 2.97. The Balaban J connectivity index is 1.69. The molecule has 0 aliphatic heterocycles. The molecule has 146 valence electrons. The van der Waals surface area contributed by atoms with Crippen LogP contribution in [0.1, 0.15) is 40.3 Å². The number of fused-ring (bicyclic) bond motifs is 1. The molecule has 0 spiro atoms. The molecule has 0 fully saturated rings. The number of aryl methyl sites for hydroxylation is 1. The molecule has 0 N–H and O–H groups in total. The van der Waals surface area contributed by atoms with E-state index in [-0.39, 0.29) is 12.6 Å². The fourth-order valence-corrected chi connectivity index (χ4v) is 2.97. The molecule has 0 aliphatic rings. The van der Waals surface area contributed by atoms with Gasteiger partial charge in [0.15, 0.2) is 0 Å². The van der Waals surface area contributed by atoms with Crippen molar-refractivity contribution in [2.45, 2.75) is 26.4 Å². The van der Waals surface area contributed by atoms with Crippen LogP contribution in [0.5, 0.6) is 5.75 Å². The molecule has 2 aromatic carbocycles. The monoisotopic (exact) mass is 382 g/mol. The number of hydrogen-bond acceptors (Lipinski definition) is 6. The molecular formula is C22H22O6. The van der Waals surface area contributed by atoms with Crippen LogP contribution in [0.25, 0.3) is 10.8 Å². The summed E-state index contributed by atoms with van der Waals surface area (Å²) in [5.74, 6) is 0.303. The van der Waals surface area contributed by atoms with Gasteiger partial charge in [0.25, 0.3) is 0 Å². The molecular weight excluding hydrogens is 360 g/mol. The van der Waals surface area contributed by atoms with Gasteiger partial charge in [-0.05, 0) is 48.4 Å². The second kappa shape index (κ2) is 8.17. The number of ether oxygens (including phenoxy) is 3. The van der Waals surface area contributed by atoms with Gasteiger partial charge in [0.1, 0.15) is 29.4 Å². The van der Waals surface area contributed by atoms with E-state index in [0.717, 1.165) is 22.1 Å². The highest BCUT2D eigenvalue weighted by atomic mass is 16.5. The molecule has 28 heavy (non-hydrogen) atoms. The maximum atomic E-state index is 12.5. The van der Waals surface area contributed by atoms with Gasteiger partial charge < -0.3 is 18.6 Å². The van der Waals surface area contributed by atoms with Crippen molar-refractivity contribution in [1.29, 1.82) is 0 Å². The normalized spacial score (nSPS) is 11.9. The van der Waals surface area contributed by atoms with E-state index in [9.17, 15) is 9.59 Å². The van der Waals surface area contributed by atoms with E-state index in [1.165, 1.54) is 13.2 Å². The summed E-state index contributed by atoms with van der Waals surface area (Å²) in [5, 5.41) is 2.05. The van der Waals surface area contributed by atoms with E-state index in [1.54, 1.807) is 21.0 Å². The molecule has 6 nitrogen and oxygen atoms in total. The highest BCUT2D eigenvalue weighted by Crippen LogP contribution is 2.26. The average Bonchev–Trinajstić information content (AvgIpc) is 3.10. The topological polar surface area (TPSA) is 75.0 Å². The molecule has 0 saturated heterocycles. The number of carbonyl (C=O) groups is 2. The minimum atomic E-state index is -0.486. The second-order valence-electron chi connectivity index (χ2n) is 6.48. The molecule has 0 bridgehead atoms. The Bertz CT molecular complexity index is 1020. The summed E-state index contributed by atoms with van der Waals surface area (Å²) in [4.78, 5) is 24.1. The molecule has 3 rings (SSSR count). The van der Waals surface area contributed by atoms with Crippen molar-refractivity contribution in [3.63, 3.8) is 0 Å². The molecule has 1 atom stereocenters. The van der Waals surface area contributed by atoms with E-state index >= 15 is 0 Å². The predicted octanol–water partition coefficient (Wildman–Crippen LogP) is 4.38. The van der Waals surface area contributed by atoms with Crippen LogP contribution in [-0.2, 0) is 20.9 Å². The van der Waals surface area contributed by atoms with E-state index in [4.69, 9.17) is 13.9 Å². The van der Waals surface area contributed by atoms with Crippen LogP contribution >= 0.6 is 0 Å². The quantitative estimate of drug-likeness (QED) is 0.589. The van der Waals surface area contributed by atoms with Crippen molar-refractivity contribution in [3.8, 4) is 5.75 Å². The minimum absolute atomic E-state index is 0.0498. The Morgan fingerprint density at radius 3 is 2.46 bits per heavy atom. The van der Waals surface area contributed by atoms with Crippen LogP contribution in [0.3, 0.4) is 0 Å². The highest BCUT2D eigenvalue weighted by Gasteiger charge is 2.20. The summed E-state index contributed by atoms with van der Waals surface area (Å²) in [6.07, 6.45) is 0. The first kappa shape index (κ1) is 19.5. The number of methoxy groups -OCH3 is 2. The van der Waals surface area contributed by atoms with Crippen molar-refractivity contribution in [2.24, 2.45) is 0 Å². The highest BCUT2D eigenvalue weighted by molar-refractivity contribution is 5.90. The van der Waals surface area contributed by atoms with Crippen LogP contribution in [0.4, 0.5) is 0 Å². The van der Waals surface area contributed by atoms with Gasteiger partial charge in [0, 0.05) is 0 Å². The number of benzene rings is 2. The predicted molar refractivity (Wildman–Crippen MR) is 103 cm³/mol. The number of hydrogen-bond donors (Lipinski definition) is 0. The standard InChI is InChI=1S/C22H22O6/c1-13(15-5-6-17-10-18(25-3)8-7-16(17)9-15)21(23)27-12-19-11-20(14(2)28-19)22(24)26-4/h5-11,13H,12H2,1-4H3/t13-/m0/s1. The zero-order valence-corrected chi connectivity index (χ0v) is 16.3. The third kappa shape index (κ3) is 4.01. The summed E-state index contributed by atoms with van der Waals surface area (Å²) < 4.78 is 20.8. The molecule has 0 unspecified atom stereocenters. The molecule has 1 heterocycles. The fraction of sp³-hybridized carbons (Fsp3) is 0.273. The largest absolute Gasteiger partial charge is 0.497 e. The number of esters is 2. The molecule has 0 aliphatic carbocycles. The first-order valence-corrected chi connectivity index (χ1v) is 8.85. The van der Waals surface area contributed by atoms with Crippen molar-refractivity contribution in [2.75, 3.05) is 14.2 Å². The lowest BCUT2D eigenvalue weighted by Crippen LogP contribution is -2.13. The second-order valence-corrected chi connectivity index (χ2v) is 6.48. The van der Waals surface area contributed by atoms with Gasteiger partial charge in [-0.2, -0.15) is 0 Å². The SMILES string of the molecule is COC(=O)c1cc(COC(=O)[C@@H](C)c2ccc3cc(OC)ccc3c2)oc1C. The third-order valence-corrected chi connectivity index (χ3v) is 4.66. The Kier molecular flexibility index (Phi) is 5.68. The van der Waals surface area contributed by atoms with Crippen molar-refractivity contribution < 1.29 is 28.2 Å². The van der Waals surface area contributed by atoms with Crippen LogP contribution in [0.2, 0.25) is 0 Å². The summed E-state index contributed by atoms with van der Waals surface area (Å²) in [6, 6.07) is 13.1. The minimum Gasteiger partial charge on any atom is -0.497 e. The van der Waals surface area contributed by atoms with E-state index < -0.39 is 11.9 Å². The van der Waals surface area contributed by atoms with Crippen molar-refractivity contribution in [1.82, 2.24) is 0 Å². The Morgan fingerprint density at radius 2 is 1.75 bits per heavy atom. The van der Waals surface area contributed by atoms with E-state index in [0.29, 0.717) is 17.1 Å². The maximum Gasteiger partial charge on any atom is 0.341 e. The Morgan fingerprint density at radius 1 is 1.04 bits per heavy atom. The van der Waals surface area contributed by atoms with Gasteiger partial charge in [-0.15, -0.1) is 0 Å². The van der Waals surface area contributed by atoms with Gasteiger partial charge in [0.05, 0.1) is 20.1 Å². The van der Waals surface area contributed by atoms with Gasteiger partial charge >= 0.3 is 11.9 Å². The molecule has 1 aromatic heterocycles. The van der Waals surface area contributed by atoms with Gasteiger partial charge in [-0.3, -0.25) is 4.79 Å². The van der Waals surface area contributed by atoms with Crippen molar-refractivity contribution >= 4 is 22.7 Å². The summed E-state index contributed by atoms with van der Waals surface area (Å²) in [7, 11) is 2.93. The lowest BCUT2D eigenvalue weighted by Gasteiger charge is -2.12. The van der Waals surface area contributed by atoms with Crippen molar-refractivity contribution in [3.05, 3.63) is 65.1 Å². The van der Waals surface area contributed by atoms with Crippen LogP contribution < -0.4 is 4.74 Å².